The molecule has 0 aromatic heterocycles. The third-order valence-electron chi connectivity index (χ3n) is 6.49. The fourth-order valence-corrected chi connectivity index (χ4v) is 5.44. The van der Waals surface area contributed by atoms with Crippen LogP contribution >= 0.6 is 0 Å². The summed E-state index contributed by atoms with van der Waals surface area (Å²) in [6.07, 6.45) is 4.10. The van der Waals surface area contributed by atoms with Crippen molar-refractivity contribution in [1.29, 1.82) is 0 Å². The normalized spacial score (nSPS) is 37.2. The second kappa shape index (κ2) is 4.99. The second-order valence-electron chi connectivity index (χ2n) is 7.47. The van der Waals surface area contributed by atoms with Gasteiger partial charge in [-0.2, -0.15) is 0 Å². The van der Waals surface area contributed by atoms with Crippen molar-refractivity contribution in [2.24, 2.45) is 5.92 Å². The van der Waals surface area contributed by atoms with Gasteiger partial charge in [-0.25, -0.2) is 4.79 Å². The van der Waals surface area contributed by atoms with Crippen molar-refractivity contribution in [3.05, 3.63) is 35.4 Å². The first kappa shape index (κ1) is 15.2. The van der Waals surface area contributed by atoms with E-state index in [1.807, 2.05) is 12.1 Å². The summed E-state index contributed by atoms with van der Waals surface area (Å²) < 4.78 is 16.2. The van der Waals surface area contributed by atoms with Crippen LogP contribution in [0.4, 0.5) is 4.79 Å². The van der Waals surface area contributed by atoms with Crippen LogP contribution in [-0.4, -0.2) is 55.1 Å². The lowest BCUT2D eigenvalue weighted by molar-refractivity contribution is -0.0453. The molecular formula is C19H21NO5. The highest BCUT2D eigenvalue weighted by Crippen LogP contribution is 2.62. The number of nitrogens with zero attached hydrogens (tertiary/aromatic N) is 1. The van der Waals surface area contributed by atoms with E-state index >= 15 is 0 Å². The first-order chi connectivity index (χ1) is 12.1. The van der Waals surface area contributed by atoms with Gasteiger partial charge in [-0.15, -0.1) is 0 Å². The maximum Gasteiger partial charge on any atom is 0.513 e. The molecule has 5 atom stereocenters. The van der Waals surface area contributed by atoms with Crippen molar-refractivity contribution in [3.8, 4) is 11.5 Å². The fraction of sp³-hybridized carbons (Fsp3) is 0.526. The molecule has 1 aromatic carbocycles. The van der Waals surface area contributed by atoms with Gasteiger partial charge in [0, 0.05) is 22.9 Å². The summed E-state index contributed by atoms with van der Waals surface area (Å²) in [6, 6.07) is 4.20. The minimum absolute atomic E-state index is 0.246. The quantitative estimate of drug-likeness (QED) is 0.475. The van der Waals surface area contributed by atoms with Gasteiger partial charge in [-0.05, 0) is 38.1 Å². The van der Waals surface area contributed by atoms with E-state index in [1.165, 1.54) is 12.7 Å². The number of aliphatic hydroxyl groups is 1. The Morgan fingerprint density at radius 3 is 3.04 bits per heavy atom. The maximum atomic E-state index is 11.6. The number of aliphatic hydroxyl groups excluding tert-OH is 1. The minimum Gasteiger partial charge on any atom is -0.482 e. The van der Waals surface area contributed by atoms with Gasteiger partial charge >= 0.3 is 6.16 Å². The third kappa shape index (κ3) is 1.79. The van der Waals surface area contributed by atoms with Gasteiger partial charge in [0.1, 0.15) is 12.2 Å². The number of likely N-dealkylation sites (N-methyl/N-ethyl adjacent to an activating group) is 1. The van der Waals surface area contributed by atoms with Crippen LogP contribution in [0.15, 0.2) is 24.3 Å². The average Bonchev–Trinajstić information content (AvgIpc) is 2.96. The molecule has 1 spiro atoms. The standard InChI is InChI=1S/C19H21NO5/c1-20-8-7-19-11-4-5-13(21)17(19)25-16-14(24-18(22)23-2)6-3-10(15(16)19)9-12(11)20/h3-6,11-13,17,21H,7-9H2,1-2H3/t11-,12+,13-,17-,19-/m0/s1. The van der Waals surface area contributed by atoms with Crippen molar-refractivity contribution in [1.82, 2.24) is 4.90 Å². The van der Waals surface area contributed by atoms with E-state index in [0.717, 1.165) is 24.9 Å². The number of likely N-dealkylation sites (tertiary alicyclic amines) is 1. The van der Waals surface area contributed by atoms with Crippen molar-refractivity contribution in [2.45, 2.75) is 36.5 Å². The molecule has 0 amide bonds. The summed E-state index contributed by atoms with van der Waals surface area (Å²) in [5, 5.41) is 10.6. The van der Waals surface area contributed by atoms with Crippen LogP contribution in [0.2, 0.25) is 0 Å². The predicted octanol–water partition coefficient (Wildman–Crippen LogP) is 1.64. The SMILES string of the molecule is COC(=O)Oc1ccc2c3c1O[C@H]1[C@@H](O)C=C[C@H]4[C@@H](C2)N(C)CC[C@@]341. The Kier molecular flexibility index (Phi) is 3.04. The summed E-state index contributed by atoms with van der Waals surface area (Å²) in [5.41, 5.74) is 2.10. The summed E-state index contributed by atoms with van der Waals surface area (Å²) in [7, 11) is 3.45. The topological polar surface area (TPSA) is 68.2 Å². The van der Waals surface area contributed by atoms with Crippen molar-refractivity contribution in [2.75, 3.05) is 20.7 Å². The van der Waals surface area contributed by atoms with Crippen molar-refractivity contribution in [3.63, 3.8) is 0 Å². The summed E-state index contributed by atoms with van der Waals surface area (Å²) in [6.45, 7) is 0.961. The van der Waals surface area contributed by atoms with E-state index in [2.05, 4.69) is 22.8 Å². The third-order valence-corrected chi connectivity index (χ3v) is 6.49. The number of carbonyl (C=O) groups is 1. The highest BCUT2D eigenvalue weighted by atomic mass is 16.7. The van der Waals surface area contributed by atoms with Crippen LogP contribution in [-0.2, 0) is 16.6 Å². The lowest BCUT2D eigenvalue weighted by atomic mass is 9.53. The Labute approximate surface area is 146 Å². The monoisotopic (exact) mass is 343 g/mol. The van der Waals surface area contributed by atoms with Crippen molar-refractivity contribution >= 4 is 6.16 Å². The first-order valence-corrected chi connectivity index (χ1v) is 8.71. The van der Waals surface area contributed by atoms with Crippen LogP contribution in [0.3, 0.4) is 0 Å². The zero-order chi connectivity index (χ0) is 17.3. The molecule has 1 fully saturated rings. The molecule has 1 aromatic rings. The Morgan fingerprint density at radius 1 is 1.40 bits per heavy atom. The lowest BCUT2D eigenvalue weighted by Gasteiger charge is -2.56. The molecule has 2 heterocycles. The van der Waals surface area contributed by atoms with E-state index in [9.17, 15) is 9.90 Å². The van der Waals surface area contributed by atoms with Crippen LogP contribution in [0.25, 0.3) is 0 Å². The first-order valence-electron chi connectivity index (χ1n) is 8.71. The summed E-state index contributed by atoms with van der Waals surface area (Å²) in [5.74, 6) is 1.27. The molecule has 2 aliphatic carbocycles. The largest absolute Gasteiger partial charge is 0.513 e. The Bertz CT molecular complexity index is 790. The molecule has 1 saturated heterocycles. The van der Waals surface area contributed by atoms with Gasteiger partial charge in [0.25, 0.3) is 0 Å². The Morgan fingerprint density at radius 2 is 2.24 bits per heavy atom. The van der Waals surface area contributed by atoms with E-state index in [1.54, 1.807) is 6.07 Å². The van der Waals surface area contributed by atoms with Gasteiger partial charge < -0.3 is 24.2 Å². The minimum atomic E-state index is -0.764. The van der Waals surface area contributed by atoms with E-state index < -0.39 is 12.3 Å². The molecule has 2 bridgehead atoms. The molecular weight excluding hydrogens is 322 g/mol. The zero-order valence-electron chi connectivity index (χ0n) is 14.3. The Balaban J connectivity index is 1.72. The van der Waals surface area contributed by atoms with E-state index in [4.69, 9.17) is 9.47 Å². The number of hydrogen-bond acceptors (Lipinski definition) is 6. The molecule has 0 unspecified atom stereocenters. The molecule has 6 nitrogen and oxygen atoms in total. The molecule has 25 heavy (non-hydrogen) atoms. The number of methoxy groups -OCH3 is 1. The van der Waals surface area contributed by atoms with Gasteiger partial charge in [0.15, 0.2) is 11.5 Å². The van der Waals surface area contributed by atoms with E-state index in [0.29, 0.717) is 23.5 Å². The summed E-state index contributed by atoms with van der Waals surface area (Å²) in [4.78, 5) is 14.0. The number of piperidine rings is 1. The van der Waals surface area contributed by atoms with Crippen LogP contribution in [0.1, 0.15) is 17.5 Å². The fourth-order valence-electron chi connectivity index (χ4n) is 5.44. The van der Waals surface area contributed by atoms with Crippen molar-refractivity contribution < 1.29 is 24.1 Å². The molecule has 4 aliphatic rings. The van der Waals surface area contributed by atoms with Crippen LogP contribution < -0.4 is 9.47 Å². The van der Waals surface area contributed by atoms with Gasteiger partial charge in [0.05, 0.1) is 7.11 Å². The molecule has 0 saturated carbocycles. The lowest BCUT2D eigenvalue weighted by Crippen LogP contribution is -2.64. The highest BCUT2D eigenvalue weighted by molar-refractivity contribution is 5.69. The highest BCUT2D eigenvalue weighted by Gasteiger charge is 2.64. The average molecular weight is 343 g/mol. The number of rotatable bonds is 1. The number of benzene rings is 1. The molecule has 1 N–H and O–H groups in total. The van der Waals surface area contributed by atoms with Gasteiger partial charge in [-0.3, -0.25) is 0 Å². The predicted molar refractivity (Wildman–Crippen MR) is 88.9 cm³/mol. The molecule has 6 heteroatoms. The second-order valence-corrected chi connectivity index (χ2v) is 7.47. The molecule has 0 radical (unpaired) electrons. The molecule has 132 valence electrons. The summed E-state index contributed by atoms with van der Waals surface area (Å²) >= 11 is 0. The smallest absolute Gasteiger partial charge is 0.482 e. The van der Waals surface area contributed by atoms with Gasteiger partial charge in [0.2, 0.25) is 0 Å². The van der Waals surface area contributed by atoms with Gasteiger partial charge in [-0.1, -0.05) is 18.2 Å². The van der Waals surface area contributed by atoms with Crippen LogP contribution in [0.5, 0.6) is 11.5 Å². The molecule has 5 rings (SSSR count). The zero-order valence-corrected chi connectivity index (χ0v) is 14.3. The number of hydrogen-bond donors (Lipinski definition) is 1. The number of carbonyl (C=O) groups excluding carboxylic acids is 1. The maximum absolute atomic E-state index is 11.6. The number of ether oxygens (including phenoxy) is 3. The van der Waals surface area contributed by atoms with Crippen LogP contribution in [0, 0.1) is 5.92 Å². The Hall–Kier alpha value is -2.05. The molecule has 2 aliphatic heterocycles. The van der Waals surface area contributed by atoms with E-state index in [-0.39, 0.29) is 11.5 Å².